The number of nitrogens with one attached hydrogen (secondary N) is 3. The van der Waals surface area contributed by atoms with Gasteiger partial charge in [-0.15, -0.1) is 11.3 Å². The fraction of sp³-hybridized carbons (Fsp3) is 0.364. The number of thioether (sulfide) groups is 1. The Bertz CT molecular complexity index is 1220. The van der Waals surface area contributed by atoms with E-state index in [0.717, 1.165) is 35.0 Å². The molecular formula is C22H24N4O3S2. The van der Waals surface area contributed by atoms with Crippen LogP contribution >= 0.6 is 23.1 Å². The summed E-state index contributed by atoms with van der Waals surface area (Å²) in [4.78, 5) is 45.9. The molecule has 0 saturated heterocycles. The molecule has 7 nitrogen and oxygen atoms in total. The smallest absolute Gasteiger partial charge is 0.259 e. The number of amides is 2. The zero-order chi connectivity index (χ0) is 22.0. The van der Waals surface area contributed by atoms with Gasteiger partial charge < -0.3 is 15.6 Å². The highest BCUT2D eigenvalue weighted by molar-refractivity contribution is 7.98. The molecular weight excluding hydrogens is 432 g/mol. The summed E-state index contributed by atoms with van der Waals surface area (Å²) in [5.74, 6) is 1.47. The van der Waals surface area contributed by atoms with Crippen LogP contribution in [0.25, 0.3) is 10.2 Å². The van der Waals surface area contributed by atoms with Crippen LogP contribution in [-0.4, -0.2) is 27.5 Å². The maximum atomic E-state index is 12.5. The number of carbonyl (C=O) groups excluding carboxylic acids is 2. The molecule has 1 aliphatic rings. The Labute approximate surface area is 188 Å². The molecule has 1 aromatic carbocycles. The topological polar surface area (TPSA) is 104 Å². The van der Waals surface area contributed by atoms with Crippen LogP contribution in [0.2, 0.25) is 0 Å². The lowest BCUT2D eigenvalue weighted by molar-refractivity contribution is -0.116. The number of nitrogens with zero attached hydrogens (tertiary/aromatic N) is 1. The van der Waals surface area contributed by atoms with Gasteiger partial charge in [0.1, 0.15) is 10.7 Å². The first-order chi connectivity index (χ1) is 14.9. The first-order valence-corrected chi connectivity index (χ1v) is 12.2. The van der Waals surface area contributed by atoms with Crippen molar-refractivity contribution in [3.05, 3.63) is 50.4 Å². The van der Waals surface area contributed by atoms with Gasteiger partial charge in [-0.05, 0) is 49.4 Å². The van der Waals surface area contributed by atoms with Crippen molar-refractivity contribution >= 4 is 56.5 Å². The zero-order valence-corrected chi connectivity index (χ0v) is 19.1. The van der Waals surface area contributed by atoms with E-state index in [9.17, 15) is 14.4 Å². The van der Waals surface area contributed by atoms with Gasteiger partial charge in [-0.1, -0.05) is 6.07 Å². The summed E-state index contributed by atoms with van der Waals surface area (Å²) < 4.78 is 0. The SMILES string of the molecule is CC(=O)Nc1ccc(C)cc1NC(=O)CCSCc1nc2sc3c(c2c(=O)[nH]1)CCC3. The van der Waals surface area contributed by atoms with Crippen molar-refractivity contribution in [1.29, 1.82) is 0 Å². The molecule has 2 amide bonds. The summed E-state index contributed by atoms with van der Waals surface area (Å²) >= 11 is 3.18. The molecule has 31 heavy (non-hydrogen) atoms. The number of aromatic nitrogens is 2. The highest BCUT2D eigenvalue weighted by atomic mass is 32.2. The van der Waals surface area contributed by atoms with E-state index < -0.39 is 0 Å². The summed E-state index contributed by atoms with van der Waals surface area (Å²) in [6, 6.07) is 5.49. The van der Waals surface area contributed by atoms with Gasteiger partial charge >= 0.3 is 0 Å². The van der Waals surface area contributed by atoms with Gasteiger partial charge in [0.05, 0.1) is 22.5 Å². The second-order valence-electron chi connectivity index (χ2n) is 7.63. The Hall–Kier alpha value is -2.65. The first-order valence-electron chi connectivity index (χ1n) is 10.2. The average molecular weight is 457 g/mol. The van der Waals surface area contributed by atoms with Gasteiger partial charge in [0.15, 0.2) is 0 Å². The fourth-order valence-electron chi connectivity index (χ4n) is 3.72. The molecule has 0 atom stereocenters. The van der Waals surface area contributed by atoms with Gasteiger partial charge in [0.25, 0.3) is 5.56 Å². The Balaban J connectivity index is 1.32. The van der Waals surface area contributed by atoms with Gasteiger partial charge in [0.2, 0.25) is 11.8 Å². The highest BCUT2D eigenvalue weighted by Gasteiger charge is 2.21. The molecule has 2 heterocycles. The molecule has 0 radical (unpaired) electrons. The van der Waals surface area contributed by atoms with Crippen LogP contribution in [0.3, 0.4) is 0 Å². The van der Waals surface area contributed by atoms with Gasteiger partial charge in [-0.3, -0.25) is 14.4 Å². The molecule has 0 saturated carbocycles. The second-order valence-corrected chi connectivity index (χ2v) is 9.82. The van der Waals surface area contributed by atoms with Crippen LogP contribution < -0.4 is 16.2 Å². The van der Waals surface area contributed by atoms with Crippen molar-refractivity contribution in [2.24, 2.45) is 0 Å². The predicted molar refractivity (Wildman–Crippen MR) is 127 cm³/mol. The number of carbonyl (C=O) groups is 2. The standard InChI is InChI=1S/C22H24N4O3S2/c1-12-6-7-15(23-13(2)27)16(10-12)24-19(28)8-9-30-11-18-25-21(29)20-14-4-3-5-17(14)31-22(20)26-18/h6-7,10H,3-5,8-9,11H2,1-2H3,(H,23,27)(H,24,28)(H,25,26,29). The van der Waals surface area contributed by atoms with Gasteiger partial charge in [-0.2, -0.15) is 11.8 Å². The van der Waals surface area contributed by atoms with E-state index in [-0.39, 0.29) is 17.4 Å². The van der Waals surface area contributed by atoms with Crippen LogP contribution in [0.1, 0.15) is 41.6 Å². The third-order valence-corrected chi connectivity index (χ3v) is 7.25. The lowest BCUT2D eigenvalue weighted by Crippen LogP contribution is -2.16. The molecule has 4 rings (SSSR count). The number of anilines is 2. The number of aryl methyl sites for hydroxylation is 3. The molecule has 0 unspecified atom stereocenters. The molecule has 0 spiro atoms. The summed E-state index contributed by atoms with van der Waals surface area (Å²) in [5.41, 5.74) is 3.29. The Morgan fingerprint density at radius 1 is 1.23 bits per heavy atom. The van der Waals surface area contributed by atoms with E-state index in [1.807, 2.05) is 19.1 Å². The van der Waals surface area contributed by atoms with Crippen molar-refractivity contribution in [3.63, 3.8) is 0 Å². The molecule has 3 N–H and O–H groups in total. The molecule has 2 aromatic heterocycles. The third-order valence-electron chi connectivity index (χ3n) is 5.10. The molecule has 0 bridgehead atoms. The van der Waals surface area contributed by atoms with Crippen molar-refractivity contribution in [2.75, 3.05) is 16.4 Å². The molecule has 9 heteroatoms. The van der Waals surface area contributed by atoms with Crippen LogP contribution in [0.4, 0.5) is 11.4 Å². The van der Waals surface area contributed by atoms with Crippen LogP contribution in [0.15, 0.2) is 23.0 Å². The molecule has 1 aliphatic carbocycles. The molecule has 0 aliphatic heterocycles. The van der Waals surface area contributed by atoms with Crippen molar-refractivity contribution in [3.8, 4) is 0 Å². The number of H-pyrrole nitrogens is 1. The number of thiophene rings is 1. The fourth-order valence-corrected chi connectivity index (χ4v) is 5.81. The number of aromatic amines is 1. The van der Waals surface area contributed by atoms with E-state index in [0.29, 0.717) is 35.1 Å². The predicted octanol–water partition coefficient (Wildman–Crippen LogP) is 4.00. The number of fused-ring (bicyclic) bond motifs is 3. The maximum absolute atomic E-state index is 12.5. The van der Waals surface area contributed by atoms with Crippen LogP contribution in [-0.2, 0) is 28.2 Å². The lowest BCUT2D eigenvalue weighted by Gasteiger charge is -2.12. The Kier molecular flexibility index (Phi) is 6.43. The third kappa shape index (κ3) is 4.99. The highest BCUT2D eigenvalue weighted by Crippen LogP contribution is 2.34. The summed E-state index contributed by atoms with van der Waals surface area (Å²) in [6.45, 7) is 3.36. The Morgan fingerprint density at radius 3 is 2.87 bits per heavy atom. The summed E-state index contributed by atoms with van der Waals surface area (Å²) in [6.07, 6.45) is 3.44. The largest absolute Gasteiger partial charge is 0.325 e. The minimum Gasteiger partial charge on any atom is -0.325 e. The number of benzene rings is 1. The average Bonchev–Trinajstić information content (AvgIpc) is 3.28. The normalized spacial score (nSPS) is 12.7. The van der Waals surface area contributed by atoms with Crippen molar-refractivity contribution in [2.45, 2.75) is 45.3 Å². The summed E-state index contributed by atoms with van der Waals surface area (Å²) in [7, 11) is 0. The molecule has 3 aromatic rings. The maximum Gasteiger partial charge on any atom is 0.259 e. The lowest BCUT2D eigenvalue weighted by atomic mass is 10.2. The van der Waals surface area contributed by atoms with E-state index >= 15 is 0 Å². The number of hydrogen-bond acceptors (Lipinski definition) is 6. The van der Waals surface area contributed by atoms with Crippen molar-refractivity contribution < 1.29 is 9.59 Å². The van der Waals surface area contributed by atoms with Crippen LogP contribution in [0, 0.1) is 6.92 Å². The van der Waals surface area contributed by atoms with E-state index in [1.54, 1.807) is 29.2 Å². The Morgan fingerprint density at radius 2 is 2.06 bits per heavy atom. The van der Waals surface area contributed by atoms with Gasteiger partial charge in [-0.25, -0.2) is 4.98 Å². The monoisotopic (exact) mass is 456 g/mol. The van der Waals surface area contributed by atoms with E-state index in [2.05, 4.69) is 20.6 Å². The molecule has 0 fully saturated rings. The van der Waals surface area contributed by atoms with E-state index in [1.165, 1.54) is 17.4 Å². The summed E-state index contributed by atoms with van der Waals surface area (Å²) in [5, 5.41) is 6.36. The first kappa shape index (κ1) is 21.6. The van der Waals surface area contributed by atoms with Crippen LogP contribution in [0.5, 0.6) is 0 Å². The zero-order valence-electron chi connectivity index (χ0n) is 17.5. The second kappa shape index (κ2) is 9.23. The number of rotatable bonds is 7. The van der Waals surface area contributed by atoms with E-state index in [4.69, 9.17) is 0 Å². The quantitative estimate of drug-likeness (QED) is 0.466. The molecule has 162 valence electrons. The number of hydrogen-bond donors (Lipinski definition) is 3. The van der Waals surface area contributed by atoms with Gasteiger partial charge in [0, 0.05) is 24.0 Å². The van der Waals surface area contributed by atoms with Crippen molar-refractivity contribution in [1.82, 2.24) is 9.97 Å². The minimum atomic E-state index is -0.190. The minimum absolute atomic E-state index is 0.0531.